The number of hydrogen-bond acceptors (Lipinski definition) is 5. The van der Waals surface area contributed by atoms with Crippen LogP contribution in [0.2, 0.25) is 0 Å². The van der Waals surface area contributed by atoms with E-state index in [9.17, 15) is 0 Å². The molecule has 3 rings (SSSR count). The molecule has 0 aliphatic carbocycles. The van der Waals surface area contributed by atoms with E-state index in [0.717, 1.165) is 28.4 Å². The summed E-state index contributed by atoms with van der Waals surface area (Å²) in [4.78, 5) is 9.38. The highest BCUT2D eigenvalue weighted by atomic mass is 16.3. The number of rotatable bonds is 3. The molecule has 1 N–H and O–H groups in total. The highest BCUT2D eigenvalue weighted by Crippen LogP contribution is 2.28. The summed E-state index contributed by atoms with van der Waals surface area (Å²) in [6, 6.07) is 3.85. The van der Waals surface area contributed by atoms with Crippen molar-refractivity contribution in [3.8, 4) is 0 Å². The molecule has 116 valence electrons. The molecule has 0 radical (unpaired) electrons. The van der Waals surface area contributed by atoms with Crippen molar-refractivity contribution in [2.45, 2.75) is 39.2 Å². The van der Waals surface area contributed by atoms with Crippen LogP contribution in [0.3, 0.4) is 0 Å². The van der Waals surface area contributed by atoms with E-state index in [4.69, 9.17) is 9.40 Å². The number of anilines is 1. The standard InChI is InChI=1S/C16H21N5O/c1-10(12-7-6-8-22-12)18-13-11-9-17-21(5)14(11)20-15(19-13)16(2,3)4/h6-10H,1-5H3,(H,18,19,20)/t10-/m1/s1. The van der Waals surface area contributed by atoms with Crippen molar-refractivity contribution < 1.29 is 4.42 Å². The van der Waals surface area contributed by atoms with Crippen molar-refractivity contribution in [1.29, 1.82) is 0 Å². The minimum atomic E-state index is -0.136. The number of nitrogens with one attached hydrogen (secondary N) is 1. The van der Waals surface area contributed by atoms with Gasteiger partial charge in [0.1, 0.15) is 17.4 Å². The van der Waals surface area contributed by atoms with E-state index in [1.807, 2.05) is 26.1 Å². The maximum Gasteiger partial charge on any atom is 0.163 e. The maximum atomic E-state index is 5.46. The van der Waals surface area contributed by atoms with Gasteiger partial charge in [-0.25, -0.2) is 9.97 Å². The molecular formula is C16H21N5O. The second-order valence-electron chi connectivity index (χ2n) is 6.53. The fraction of sp³-hybridized carbons (Fsp3) is 0.438. The fourth-order valence-electron chi connectivity index (χ4n) is 2.28. The van der Waals surface area contributed by atoms with Crippen molar-refractivity contribution in [3.63, 3.8) is 0 Å². The molecule has 3 aromatic heterocycles. The lowest BCUT2D eigenvalue weighted by molar-refractivity contribution is 0.489. The van der Waals surface area contributed by atoms with Gasteiger partial charge in [-0.05, 0) is 19.1 Å². The number of fused-ring (bicyclic) bond motifs is 1. The molecule has 0 bridgehead atoms. The molecule has 0 amide bonds. The lowest BCUT2D eigenvalue weighted by Crippen LogP contribution is -2.18. The lowest BCUT2D eigenvalue weighted by atomic mass is 9.95. The van der Waals surface area contributed by atoms with Gasteiger partial charge in [-0.3, -0.25) is 4.68 Å². The molecule has 0 aromatic carbocycles. The summed E-state index contributed by atoms with van der Waals surface area (Å²) in [5.41, 5.74) is 0.692. The SMILES string of the molecule is C[C@@H](Nc1nc(C(C)(C)C)nc2c1cnn2C)c1ccco1. The zero-order valence-electron chi connectivity index (χ0n) is 13.6. The minimum Gasteiger partial charge on any atom is -0.467 e. The molecule has 0 saturated carbocycles. The van der Waals surface area contributed by atoms with Crippen molar-refractivity contribution in [2.75, 3.05) is 5.32 Å². The third-order valence-corrected chi connectivity index (χ3v) is 3.59. The van der Waals surface area contributed by atoms with Crippen LogP contribution in [0.15, 0.2) is 29.0 Å². The van der Waals surface area contributed by atoms with E-state index in [-0.39, 0.29) is 11.5 Å². The van der Waals surface area contributed by atoms with Crippen LogP contribution in [0.5, 0.6) is 0 Å². The minimum absolute atomic E-state index is 0.0149. The first-order valence-electron chi connectivity index (χ1n) is 7.36. The smallest absolute Gasteiger partial charge is 0.163 e. The summed E-state index contributed by atoms with van der Waals surface area (Å²) in [5, 5.41) is 8.63. The van der Waals surface area contributed by atoms with E-state index < -0.39 is 0 Å². The average Bonchev–Trinajstić information content (AvgIpc) is 3.08. The van der Waals surface area contributed by atoms with Crippen molar-refractivity contribution in [3.05, 3.63) is 36.2 Å². The predicted molar refractivity (Wildman–Crippen MR) is 85.7 cm³/mol. The van der Waals surface area contributed by atoms with Gasteiger partial charge in [-0.2, -0.15) is 5.10 Å². The highest BCUT2D eigenvalue weighted by molar-refractivity contribution is 5.86. The summed E-state index contributed by atoms with van der Waals surface area (Å²) in [6.45, 7) is 8.35. The number of furan rings is 1. The van der Waals surface area contributed by atoms with Crippen molar-refractivity contribution in [1.82, 2.24) is 19.7 Å². The zero-order valence-corrected chi connectivity index (χ0v) is 13.6. The van der Waals surface area contributed by atoms with Crippen LogP contribution >= 0.6 is 0 Å². The van der Waals surface area contributed by atoms with E-state index in [2.05, 4.69) is 36.2 Å². The lowest BCUT2D eigenvalue weighted by Gasteiger charge is -2.19. The Morgan fingerprint density at radius 3 is 2.68 bits per heavy atom. The molecule has 0 fully saturated rings. The zero-order chi connectivity index (χ0) is 15.9. The van der Waals surface area contributed by atoms with E-state index >= 15 is 0 Å². The Kier molecular flexibility index (Phi) is 3.39. The summed E-state index contributed by atoms with van der Waals surface area (Å²) >= 11 is 0. The van der Waals surface area contributed by atoms with Gasteiger partial charge >= 0.3 is 0 Å². The normalized spacial score (nSPS) is 13.5. The molecule has 0 unspecified atom stereocenters. The third kappa shape index (κ3) is 2.56. The Labute approximate surface area is 129 Å². The first-order chi connectivity index (χ1) is 10.4. The number of hydrogen-bond donors (Lipinski definition) is 1. The topological polar surface area (TPSA) is 68.8 Å². The predicted octanol–water partition coefficient (Wildman–Crippen LogP) is 3.43. The van der Waals surface area contributed by atoms with Gasteiger partial charge in [0.05, 0.1) is 23.9 Å². The number of aromatic nitrogens is 4. The van der Waals surface area contributed by atoms with Crippen LogP contribution in [-0.4, -0.2) is 19.7 Å². The van der Waals surface area contributed by atoms with Crippen LogP contribution in [0.25, 0.3) is 11.0 Å². The average molecular weight is 299 g/mol. The second-order valence-corrected chi connectivity index (χ2v) is 6.53. The Balaban J connectivity index is 2.07. The Morgan fingerprint density at radius 2 is 2.05 bits per heavy atom. The molecule has 0 aliphatic rings. The second kappa shape index (κ2) is 5.12. The van der Waals surface area contributed by atoms with Crippen LogP contribution in [0.1, 0.15) is 45.3 Å². The number of nitrogens with zero attached hydrogens (tertiary/aromatic N) is 4. The monoisotopic (exact) mass is 299 g/mol. The Bertz CT molecular complexity index is 783. The summed E-state index contributed by atoms with van der Waals surface area (Å²) in [7, 11) is 1.89. The molecule has 0 spiro atoms. The summed E-state index contributed by atoms with van der Waals surface area (Å²) in [5.74, 6) is 2.44. The molecule has 0 aliphatic heterocycles. The summed E-state index contributed by atoms with van der Waals surface area (Å²) in [6.07, 6.45) is 3.46. The van der Waals surface area contributed by atoms with E-state index in [1.54, 1.807) is 17.1 Å². The molecular weight excluding hydrogens is 278 g/mol. The molecule has 22 heavy (non-hydrogen) atoms. The quantitative estimate of drug-likeness (QED) is 0.802. The van der Waals surface area contributed by atoms with Gasteiger partial charge in [-0.1, -0.05) is 20.8 Å². The van der Waals surface area contributed by atoms with Gasteiger partial charge < -0.3 is 9.73 Å². The third-order valence-electron chi connectivity index (χ3n) is 3.59. The Morgan fingerprint density at radius 1 is 1.27 bits per heavy atom. The first kappa shape index (κ1) is 14.6. The number of aryl methyl sites for hydroxylation is 1. The van der Waals surface area contributed by atoms with E-state index in [1.165, 1.54) is 0 Å². The fourth-order valence-corrected chi connectivity index (χ4v) is 2.28. The maximum absolute atomic E-state index is 5.46. The van der Waals surface area contributed by atoms with Gasteiger partial charge in [0.15, 0.2) is 5.65 Å². The molecule has 3 aromatic rings. The molecule has 6 nitrogen and oxygen atoms in total. The summed E-state index contributed by atoms with van der Waals surface area (Å²) < 4.78 is 7.23. The van der Waals surface area contributed by atoms with Gasteiger partial charge in [-0.15, -0.1) is 0 Å². The van der Waals surface area contributed by atoms with Gasteiger partial charge in [0.25, 0.3) is 0 Å². The highest BCUT2D eigenvalue weighted by Gasteiger charge is 2.22. The Hall–Kier alpha value is -2.37. The van der Waals surface area contributed by atoms with Gasteiger partial charge in [0, 0.05) is 12.5 Å². The van der Waals surface area contributed by atoms with Gasteiger partial charge in [0.2, 0.25) is 0 Å². The first-order valence-corrected chi connectivity index (χ1v) is 7.36. The van der Waals surface area contributed by atoms with Crippen molar-refractivity contribution >= 4 is 16.9 Å². The van der Waals surface area contributed by atoms with Crippen LogP contribution in [0.4, 0.5) is 5.82 Å². The molecule has 6 heteroatoms. The largest absolute Gasteiger partial charge is 0.467 e. The van der Waals surface area contributed by atoms with Crippen LogP contribution in [0, 0.1) is 0 Å². The van der Waals surface area contributed by atoms with Crippen LogP contribution in [-0.2, 0) is 12.5 Å². The molecule has 3 heterocycles. The molecule has 1 atom stereocenters. The van der Waals surface area contributed by atoms with E-state index in [0.29, 0.717) is 0 Å². The van der Waals surface area contributed by atoms with Crippen LogP contribution < -0.4 is 5.32 Å². The molecule has 0 saturated heterocycles. The van der Waals surface area contributed by atoms with Crippen molar-refractivity contribution in [2.24, 2.45) is 7.05 Å².